The first-order valence-corrected chi connectivity index (χ1v) is 9.74. The molecule has 2 N–H and O–H groups in total. The van der Waals surface area contributed by atoms with Gasteiger partial charge in [-0.3, -0.25) is 0 Å². The number of benzene rings is 2. The molecule has 1 atom stereocenters. The second-order valence-electron chi connectivity index (χ2n) is 6.86. The third kappa shape index (κ3) is 3.69. The molecule has 0 fully saturated rings. The van der Waals surface area contributed by atoms with E-state index in [1.807, 2.05) is 66.7 Å². The highest BCUT2D eigenvalue weighted by Gasteiger charge is 2.35. The largest absolute Gasteiger partial charge is 0.463 e. The summed E-state index contributed by atoms with van der Waals surface area (Å²) in [5.74, 6) is -0.477. The molecular weight excluding hydrogens is 380 g/mol. The molecule has 4 rings (SSSR count). The van der Waals surface area contributed by atoms with E-state index >= 15 is 0 Å². The maximum Gasteiger partial charge on any atom is 0.338 e. The number of para-hydroxylation sites is 1. The molecular formula is C23H22N4O3. The molecule has 1 aromatic heterocycles. The maximum atomic E-state index is 12.7. The lowest BCUT2D eigenvalue weighted by Crippen LogP contribution is -2.45. The normalized spacial score (nSPS) is 16.1. The number of hydrogen-bond acceptors (Lipinski definition) is 4. The average molecular weight is 402 g/mol. The van der Waals surface area contributed by atoms with Crippen molar-refractivity contribution in [2.75, 3.05) is 6.61 Å². The SMILES string of the molecule is CCOC(=O)C1=C(C)NC(=O)NC1c1cc(-c2ccccc2)nn1-c1ccccc1. The number of nitrogens with zero attached hydrogens (tertiary/aromatic N) is 2. The van der Waals surface area contributed by atoms with Crippen molar-refractivity contribution in [3.8, 4) is 16.9 Å². The Morgan fingerprint density at radius 2 is 1.77 bits per heavy atom. The molecule has 2 amide bonds. The lowest BCUT2D eigenvalue weighted by molar-refractivity contribution is -0.139. The fourth-order valence-electron chi connectivity index (χ4n) is 3.52. The van der Waals surface area contributed by atoms with Gasteiger partial charge in [0.2, 0.25) is 0 Å². The van der Waals surface area contributed by atoms with Gasteiger partial charge in [0.15, 0.2) is 0 Å². The van der Waals surface area contributed by atoms with Crippen LogP contribution in [0.15, 0.2) is 78.0 Å². The average Bonchev–Trinajstić information content (AvgIpc) is 3.20. The van der Waals surface area contributed by atoms with Crippen LogP contribution in [0.1, 0.15) is 25.6 Å². The molecule has 30 heavy (non-hydrogen) atoms. The highest BCUT2D eigenvalue weighted by Crippen LogP contribution is 2.32. The van der Waals surface area contributed by atoms with E-state index in [1.165, 1.54) is 0 Å². The van der Waals surface area contributed by atoms with Gasteiger partial charge in [-0.15, -0.1) is 0 Å². The van der Waals surface area contributed by atoms with Crippen molar-refractivity contribution in [2.24, 2.45) is 0 Å². The van der Waals surface area contributed by atoms with Crippen molar-refractivity contribution in [3.63, 3.8) is 0 Å². The van der Waals surface area contributed by atoms with Crippen LogP contribution >= 0.6 is 0 Å². The number of hydrogen-bond donors (Lipinski definition) is 2. The standard InChI is InChI=1S/C23H22N4O3/c1-3-30-22(28)20-15(2)24-23(29)25-21(20)19-14-18(16-10-6-4-7-11-16)26-27(19)17-12-8-5-9-13-17/h4-14,21H,3H2,1-2H3,(H2,24,25,29). The summed E-state index contributed by atoms with van der Waals surface area (Å²) < 4.78 is 7.01. The van der Waals surface area contributed by atoms with Crippen LogP contribution < -0.4 is 10.6 Å². The second kappa shape index (κ2) is 8.24. The summed E-state index contributed by atoms with van der Waals surface area (Å²) in [5.41, 5.74) is 3.98. The Hall–Kier alpha value is -3.87. The number of carbonyl (C=O) groups is 2. The minimum Gasteiger partial charge on any atom is -0.463 e. The van der Waals surface area contributed by atoms with Crippen LogP contribution in [0, 0.1) is 0 Å². The van der Waals surface area contributed by atoms with Gasteiger partial charge in [0.1, 0.15) is 6.04 Å². The molecule has 0 saturated carbocycles. The Kier molecular flexibility index (Phi) is 5.34. The van der Waals surface area contributed by atoms with Crippen molar-refractivity contribution in [2.45, 2.75) is 19.9 Å². The Labute approximate surface area is 174 Å². The predicted octanol–water partition coefficient (Wildman–Crippen LogP) is 3.73. The molecule has 2 heterocycles. The first-order chi connectivity index (χ1) is 14.6. The number of esters is 1. The van der Waals surface area contributed by atoms with E-state index < -0.39 is 12.0 Å². The van der Waals surface area contributed by atoms with Crippen molar-refractivity contribution >= 4 is 12.0 Å². The van der Waals surface area contributed by atoms with E-state index in [0.29, 0.717) is 17.0 Å². The number of ether oxygens (including phenoxy) is 1. The monoisotopic (exact) mass is 402 g/mol. The van der Waals surface area contributed by atoms with Gasteiger partial charge in [-0.05, 0) is 32.0 Å². The van der Waals surface area contributed by atoms with E-state index in [0.717, 1.165) is 16.9 Å². The van der Waals surface area contributed by atoms with Crippen molar-refractivity contribution in [1.29, 1.82) is 0 Å². The Morgan fingerprint density at radius 3 is 2.43 bits per heavy atom. The quantitative estimate of drug-likeness (QED) is 0.637. The van der Waals surface area contributed by atoms with Crippen LogP contribution in [0.25, 0.3) is 16.9 Å². The van der Waals surface area contributed by atoms with Gasteiger partial charge < -0.3 is 15.4 Å². The summed E-state index contributed by atoms with van der Waals surface area (Å²) in [4.78, 5) is 25.0. The highest BCUT2D eigenvalue weighted by molar-refractivity contribution is 5.95. The number of amides is 2. The molecule has 152 valence electrons. The van der Waals surface area contributed by atoms with Crippen LogP contribution in [0.2, 0.25) is 0 Å². The highest BCUT2D eigenvalue weighted by atomic mass is 16.5. The van der Waals surface area contributed by atoms with Gasteiger partial charge in [0, 0.05) is 11.3 Å². The summed E-state index contributed by atoms with van der Waals surface area (Å²) in [6.45, 7) is 3.68. The number of aromatic nitrogens is 2. The minimum atomic E-state index is -0.706. The first-order valence-electron chi connectivity index (χ1n) is 9.74. The number of urea groups is 1. The zero-order valence-electron chi connectivity index (χ0n) is 16.8. The predicted molar refractivity (Wildman–Crippen MR) is 113 cm³/mol. The van der Waals surface area contributed by atoms with Crippen LogP contribution in [-0.4, -0.2) is 28.4 Å². The molecule has 0 radical (unpaired) electrons. The molecule has 1 unspecified atom stereocenters. The number of carbonyl (C=O) groups excluding carboxylic acids is 2. The van der Waals surface area contributed by atoms with Crippen LogP contribution in [-0.2, 0) is 9.53 Å². The van der Waals surface area contributed by atoms with Crippen LogP contribution in [0.4, 0.5) is 4.79 Å². The maximum absolute atomic E-state index is 12.7. The smallest absolute Gasteiger partial charge is 0.338 e. The van der Waals surface area contributed by atoms with E-state index in [4.69, 9.17) is 9.84 Å². The molecule has 0 aliphatic carbocycles. The van der Waals surface area contributed by atoms with Crippen LogP contribution in [0.5, 0.6) is 0 Å². The van der Waals surface area contributed by atoms with Crippen LogP contribution in [0.3, 0.4) is 0 Å². The number of nitrogens with one attached hydrogen (secondary N) is 2. The summed E-state index contributed by atoms with van der Waals surface area (Å²) >= 11 is 0. The molecule has 0 bridgehead atoms. The van der Waals surface area contributed by atoms with Crippen molar-refractivity contribution < 1.29 is 14.3 Å². The zero-order valence-corrected chi connectivity index (χ0v) is 16.8. The fourth-order valence-corrected chi connectivity index (χ4v) is 3.52. The summed E-state index contributed by atoms with van der Waals surface area (Å²) in [7, 11) is 0. The number of rotatable bonds is 5. The molecule has 1 aliphatic heterocycles. The Bertz CT molecular complexity index is 1100. The van der Waals surface area contributed by atoms with E-state index in [2.05, 4.69) is 10.6 Å². The van der Waals surface area contributed by atoms with E-state index in [-0.39, 0.29) is 12.6 Å². The van der Waals surface area contributed by atoms with Gasteiger partial charge in [0.05, 0.1) is 29.3 Å². The fraction of sp³-hybridized carbons (Fsp3) is 0.174. The number of allylic oxidation sites excluding steroid dienone is 1. The third-order valence-electron chi connectivity index (χ3n) is 4.87. The summed E-state index contributed by atoms with van der Waals surface area (Å²) in [6, 6.07) is 20.2. The topological polar surface area (TPSA) is 85.2 Å². The molecule has 7 heteroatoms. The van der Waals surface area contributed by atoms with Gasteiger partial charge in [-0.25, -0.2) is 14.3 Å². The third-order valence-corrected chi connectivity index (χ3v) is 4.87. The zero-order chi connectivity index (χ0) is 21.1. The van der Waals surface area contributed by atoms with Crippen molar-refractivity contribution in [1.82, 2.24) is 20.4 Å². The van der Waals surface area contributed by atoms with Gasteiger partial charge in [-0.1, -0.05) is 48.5 Å². The summed E-state index contributed by atoms with van der Waals surface area (Å²) in [5, 5.41) is 10.3. The lowest BCUT2D eigenvalue weighted by atomic mass is 9.99. The first kappa shape index (κ1) is 19.4. The van der Waals surface area contributed by atoms with E-state index in [1.54, 1.807) is 18.5 Å². The molecule has 2 aromatic carbocycles. The lowest BCUT2D eigenvalue weighted by Gasteiger charge is -2.28. The molecule has 7 nitrogen and oxygen atoms in total. The van der Waals surface area contributed by atoms with Crippen molar-refractivity contribution in [3.05, 3.63) is 83.7 Å². The Morgan fingerprint density at radius 1 is 1.10 bits per heavy atom. The molecule has 0 saturated heterocycles. The summed E-state index contributed by atoms with van der Waals surface area (Å²) in [6.07, 6.45) is 0. The molecule has 1 aliphatic rings. The Balaban J connectivity index is 1.89. The van der Waals surface area contributed by atoms with E-state index in [9.17, 15) is 9.59 Å². The second-order valence-corrected chi connectivity index (χ2v) is 6.86. The minimum absolute atomic E-state index is 0.240. The molecule has 3 aromatic rings. The van der Waals surface area contributed by atoms with Gasteiger partial charge in [0.25, 0.3) is 0 Å². The van der Waals surface area contributed by atoms with Gasteiger partial charge in [-0.2, -0.15) is 5.10 Å². The molecule has 0 spiro atoms. The van der Waals surface area contributed by atoms with Gasteiger partial charge >= 0.3 is 12.0 Å².